The number of amides is 4. The molecule has 0 saturated heterocycles. The van der Waals surface area contributed by atoms with Gasteiger partial charge < -0.3 is 14.6 Å². The number of rotatable bonds is 4. The van der Waals surface area contributed by atoms with E-state index in [4.69, 9.17) is 21.4 Å². The zero-order valence-electron chi connectivity index (χ0n) is 15.6. The molecular weight excluding hydrogens is 425 g/mol. The number of nitrogens with zero attached hydrogens (tertiary/aromatic N) is 1. The first-order valence-electron chi connectivity index (χ1n) is 8.05. The van der Waals surface area contributed by atoms with E-state index >= 15 is 0 Å². The Bertz CT molecular complexity index is 995. The maximum Gasteiger partial charge on any atom is 0.424 e. The van der Waals surface area contributed by atoms with Gasteiger partial charge in [-0.05, 0) is 24.3 Å². The van der Waals surface area contributed by atoms with E-state index in [-0.39, 0.29) is 22.0 Å². The second-order valence-electron chi connectivity index (χ2n) is 5.48. The molecule has 2 aromatic rings. The van der Waals surface area contributed by atoms with Gasteiger partial charge in [-0.1, -0.05) is 17.7 Å². The molecule has 0 aliphatic heterocycles. The average molecular weight is 440 g/mol. The van der Waals surface area contributed by atoms with Crippen molar-refractivity contribution in [2.75, 3.05) is 19.2 Å². The van der Waals surface area contributed by atoms with E-state index in [9.17, 15) is 23.6 Å². The predicted octanol–water partition coefficient (Wildman–Crippen LogP) is 2.81. The van der Waals surface area contributed by atoms with E-state index in [1.54, 1.807) is 5.43 Å². The quantitative estimate of drug-likeness (QED) is 0.492. The molecule has 0 aliphatic carbocycles. The molecule has 0 saturated carbocycles. The smallest absolute Gasteiger partial charge is 0.424 e. The molecule has 0 aliphatic rings. The highest BCUT2D eigenvalue weighted by Gasteiger charge is 2.25. The average Bonchev–Trinajstić information content (AvgIpc) is 2.70. The Hall–Kier alpha value is -3.86. The Morgan fingerprint density at radius 2 is 1.83 bits per heavy atom. The van der Waals surface area contributed by atoms with Crippen LogP contribution < -0.4 is 20.5 Å². The van der Waals surface area contributed by atoms with Crippen LogP contribution in [0, 0.1) is 5.82 Å². The number of nitrogens with one attached hydrogen (secondary N) is 2. The molecule has 0 aromatic heterocycles. The fraction of sp³-hybridized carbons (Fsp3) is 0.111. The van der Waals surface area contributed by atoms with Crippen molar-refractivity contribution in [3.8, 4) is 5.75 Å². The Morgan fingerprint density at radius 3 is 2.40 bits per heavy atom. The first-order valence-corrected chi connectivity index (χ1v) is 8.42. The van der Waals surface area contributed by atoms with Crippen molar-refractivity contribution < 1.29 is 38.1 Å². The van der Waals surface area contributed by atoms with Crippen molar-refractivity contribution in [1.29, 1.82) is 0 Å². The number of carboxylic acid groups (broad SMARTS) is 1. The largest absolute Gasteiger partial charge is 0.496 e. The second kappa shape index (κ2) is 9.56. The highest BCUT2D eigenvalue weighted by atomic mass is 35.5. The minimum atomic E-state index is -1.64. The van der Waals surface area contributed by atoms with Crippen molar-refractivity contribution in [1.82, 2.24) is 10.7 Å². The number of carbonyl (C=O) groups is 4. The first kappa shape index (κ1) is 22.4. The Morgan fingerprint density at radius 1 is 1.13 bits per heavy atom. The van der Waals surface area contributed by atoms with E-state index < -0.39 is 35.4 Å². The van der Waals surface area contributed by atoms with Gasteiger partial charge in [-0.2, -0.15) is 5.01 Å². The number of hydrogen-bond donors (Lipinski definition) is 3. The monoisotopic (exact) mass is 439 g/mol. The van der Waals surface area contributed by atoms with Crippen molar-refractivity contribution in [2.24, 2.45) is 0 Å². The topological polar surface area (TPSA) is 134 Å². The summed E-state index contributed by atoms with van der Waals surface area (Å²) in [5.74, 6) is -2.94. The number of carbonyl (C=O) groups excluding carboxylic acids is 3. The van der Waals surface area contributed by atoms with Gasteiger partial charge in [-0.15, -0.1) is 0 Å². The van der Waals surface area contributed by atoms with E-state index in [2.05, 4.69) is 4.74 Å². The standard InChI is InChI=1S/C18H15ClFN3O7/c1-29-13-8-9(6-7-10(13)16(25)30-2)23(22-18(27)28)17(26)21-15(24)14-11(19)4-3-5-12(14)20/h3-8,22H,1-2H3,(H,27,28)(H,21,24,26). The van der Waals surface area contributed by atoms with Crippen molar-refractivity contribution >= 4 is 41.3 Å². The predicted molar refractivity (Wildman–Crippen MR) is 102 cm³/mol. The van der Waals surface area contributed by atoms with Crippen LogP contribution in [0.2, 0.25) is 5.02 Å². The zero-order chi connectivity index (χ0) is 22.4. The Kier molecular flexibility index (Phi) is 7.15. The van der Waals surface area contributed by atoms with Gasteiger partial charge in [0.2, 0.25) is 0 Å². The molecule has 10 nitrogen and oxygen atoms in total. The van der Waals surface area contributed by atoms with Crippen LogP contribution in [0.1, 0.15) is 20.7 Å². The van der Waals surface area contributed by atoms with Crippen LogP contribution in [0.4, 0.5) is 19.7 Å². The Labute approximate surface area is 174 Å². The highest BCUT2D eigenvalue weighted by molar-refractivity contribution is 6.34. The molecule has 0 unspecified atom stereocenters. The lowest BCUT2D eigenvalue weighted by Crippen LogP contribution is -2.52. The lowest BCUT2D eigenvalue weighted by atomic mass is 10.1. The maximum atomic E-state index is 13.9. The van der Waals surface area contributed by atoms with Gasteiger partial charge in [0, 0.05) is 6.07 Å². The van der Waals surface area contributed by atoms with Crippen LogP contribution in [0.3, 0.4) is 0 Å². The first-order chi connectivity index (χ1) is 14.2. The molecule has 0 radical (unpaired) electrons. The van der Waals surface area contributed by atoms with Gasteiger partial charge >= 0.3 is 18.1 Å². The summed E-state index contributed by atoms with van der Waals surface area (Å²) in [4.78, 5) is 47.7. The summed E-state index contributed by atoms with van der Waals surface area (Å²) in [5, 5.41) is 11.1. The molecule has 0 heterocycles. The lowest BCUT2D eigenvalue weighted by molar-refractivity contribution is 0.0597. The number of methoxy groups -OCH3 is 2. The number of benzene rings is 2. The van der Waals surface area contributed by atoms with Gasteiger partial charge in [-0.3, -0.25) is 10.1 Å². The summed E-state index contributed by atoms with van der Waals surface area (Å²) in [6.45, 7) is 0. The summed E-state index contributed by atoms with van der Waals surface area (Å²) < 4.78 is 23.6. The molecule has 12 heteroatoms. The zero-order valence-corrected chi connectivity index (χ0v) is 16.3. The Balaban J connectivity index is 2.38. The lowest BCUT2D eigenvalue weighted by Gasteiger charge is -2.22. The maximum absolute atomic E-state index is 13.9. The van der Waals surface area contributed by atoms with E-state index in [1.165, 1.54) is 31.4 Å². The van der Waals surface area contributed by atoms with Crippen LogP contribution in [-0.4, -0.2) is 43.3 Å². The van der Waals surface area contributed by atoms with Gasteiger partial charge in [0.15, 0.2) is 0 Å². The minimum Gasteiger partial charge on any atom is -0.496 e. The molecule has 0 spiro atoms. The van der Waals surface area contributed by atoms with Crippen LogP contribution in [0.25, 0.3) is 0 Å². The van der Waals surface area contributed by atoms with Crippen LogP contribution >= 0.6 is 11.6 Å². The molecular formula is C18H15ClFN3O7. The van der Waals surface area contributed by atoms with Crippen LogP contribution in [0.5, 0.6) is 5.75 Å². The normalized spacial score (nSPS) is 10.0. The molecule has 4 amide bonds. The molecule has 0 bridgehead atoms. The van der Waals surface area contributed by atoms with Crippen LogP contribution in [-0.2, 0) is 4.74 Å². The number of imide groups is 1. The minimum absolute atomic E-state index is 0.00801. The fourth-order valence-corrected chi connectivity index (χ4v) is 2.60. The molecule has 0 fully saturated rings. The summed E-state index contributed by atoms with van der Waals surface area (Å²) >= 11 is 5.79. The second-order valence-corrected chi connectivity index (χ2v) is 5.89. The summed E-state index contributed by atoms with van der Waals surface area (Å²) in [6.07, 6.45) is -1.64. The van der Waals surface area contributed by atoms with Crippen molar-refractivity contribution in [2.45, 2.75) is 0 Å². The molecule has 2 rings (SSSR count). The van der Waals surface area contributed by atoms with Crippen LogP contribution in [0.15, 0.2) is 36.4 Å². The molecule has 3 N–H and O–H groups in total. The van der Waals surface area contributed by atoms with Crippen molar-refractivity contribution in [3.63, 3.8) is 0 Å². The van der Waals surface area contributed by atoms with Gasteiger partial charge in [0.25, 0.3) is 5.91 Å². The molecule has 2 aromatic carbocycles. The third-order valence-electron chi connectivity index (χ3n) is 3.67. The van der Waals surface area contributed by atoms with Gasteiger partial charge in [0.05, 0.1) is 30.5 Å². The SMILES string of the molecule is COC(=O)c1ccc(N(NC(=O)O)C(=O)NC(=O)c2c(F)cccc2Cl)cc1OC. The third-order valence-corrected chi connectivity index (χ3v) is 3.98. The number of hydrogen-bond acceptors (Lipinski definition) is 6. The number of ether oxygens (including phenoxy) is 2. The fourth-order valence-electron chi connectivity index (χ4n) is 2.36. The van der Waals surface area contributed by atoms with E-state index in [0.29, 0.717) is 5.01 Å². The number of urea groups is 1. The molecule has 30 heavy (non-hydrogen) atoms. The molecule has 0 atom stereocenters. The van der Waals surface area contributed by atoms with E-state index in [0.717, 1.165) is 19.2 Å². The number of hydrazine groups is 1. The summed E-state index contributed by atoms with van der Waals surface area (Å²) in [5.41, 5.74) is 1.08. The summed E-state index contributed by atoms with van der Waals surface area (Å²) in [7, 11) is 2.39. The summed E-state index contributed by atoms with van der Waals surface area (Å²) in [6, 6.07) is 5.79. The van der Waals surface area contributed by atoms with E-state index in [1.807, 2.05) is 5.32 Å². The number of halogens is 2. The van der Waals surface area contributed by atoms with Gasteiger partial charge in [-0.25, -0.2) is 24.2 Å². The molecule has 158 valence electrons. The highest BCUT2D eigenvalue weighted by Crippen LogP contribution is 2.26. The number of esters is 1. The van der Waals surface area contributed by atoms with Crippen molar-refractivity contribution in [3.05, 3.63) is 58.4 Å². The third kappa shape index (κ3) is 4.94. The number of anilines is 1. The van der Waals surface area contributed by atoms with Gasteiger partial charge in [0.1, 0.15) is 17.1 Å².